The average molecular weight is 316 g/mol. The molecule has 0 radical (unpaired) electrons. The molecule has 98 valence electrons. The Bertz CT molecular complexity index is 245. The molecule has 10 heteroatoms. The van der Waals surface area contributed by atoms with Crippen LogP contribution in [-0.2, 0) is 0 Å². The highest BCUT2D eigenvalue weighted by Crippen LogP contribution is 2.45. The molecular formula is C6H14Cl4N4O2. The average Bonchev–Trinajstić information content (AvgIpc) is 2.08. The van der Waals surface area contributed by atoms with Gasteiger partial charge in [-0.1, -0.05) is 0 Å². The van der Waals surface area contributed by atoms with Crippen LogP contribution in [0.15, 0.2) is 0 Å². The van der Waals surface area contributed by atoms with Crippen molar-refractivity contribution in [3.8, 4) is 11.5 Å². The number of halogens is 4. The highest BCUT2D eigenvalue weighted by molar-refractivity contribution is 5.93. The van der Waals surface area contributed by atoms with E-state index in [1.165, 1.54) is 0 Å². The van der Waals surface area contributed by atoms with E-state index in [0.717, 1.165) is 0 Å². The third-order valence-corrected chi connectivity index (χ3v) is 1.60. The molecule has 0 aromatic heterocycles. The van der Waals surface area contributed by atoms with Gasteiger partial charge in [0.25, 0.3) is 0 Å². The van der Waals surface area contributed by atoms with Gasteiger partial charge in [0, 0.05) is 0 Å². The van der Waals surface area contributed by atoms with E-state index in [4.69, 9.17) is 22.9 Å². The Labute approximate surface area is 117 Å². The van der Waals surface area contributed by atoms with Gasteiger partial charge in [-0.05, 0) is 0 Å². The molecular weight excluding hydrogens is 302 g/mol. The molecule has 0 aliphatic carbocycles. The summed E-state index contributed by atoms with van der Waals surface area (Å²) in [5.74, 6) is -0.800. The first kappa shape index (κ1) is 24.4. The molecule has 0 heterocycles. The Morgan fingerprint density at radius 2 is 0.625 bits per heavy atom. The topological polar surface area (TPSA) is 145 Å². The number of phenolic OH excluding ortho intramolecular Hbond substituents is 2. The number of nitrogens with two attached hydrogens (primary N) is 4. The number of nitrogen functional groups attached to an aromatic ring is 4. The quantitative estimate of drug-likeness (QED) is 0.240. The Balaban J connectivity index is -0.000000180. The van der Waals surface area contributed by atoms with Crippen LogP contribution in [0.25, 0.3) is 0 Å². The maximum absolute atomic E-state index is 9.17. The molecule has 10 N–H and O–H groups in total. The Morgan fingerprint density at radius 1 is 0.500 bits per heavy atom. The molecule has 0 spiro atoms. The predicted molar refractivity (Wildman–Crippen MR) is 76.4 cm³/mol. The summed E-state index contributed by atoms with van der Waals surface area (Å²) >= 11 is 0. The van der Waals surface area contributed by atoms with Crippen LogP contribution < -0.4 is 22.9 Å². The molecule has 6 nitrogen and oxygen atoms in total. The monoisotopic (exact) mass is 314 g/mol. The summed E-state index contributed by atoms with van der Waals surface area (Å²) in [6.45, 7) is 0. The molecule has 1 rings (SSSR count). The number of benzene rings is 1. The summed E-state index contributed by atoms with van der Waals surface area (Å²) in [5, 5.41) is 18.3. The zero-order valence-electron chi connectivity index (χ0n) is 7.84. The number of anilines is 4. The molecule has 1 aromatic carbocycles. The third-order valence-electron chi connectivity index (χ3n) is 1.60. The van der Waals surface area contributed by atoms with E-state index >= 15 is 0 Å². The lowest BCUT2D eigenvalue weighted by atomic mass is 10.1. The normalized spacial score (nSPS) is 7.50. The van der Waals surface area contributed by atoms with E-state index in [0.29, 0.717) is 0 Å². The zero-order chi connectivity index (χ0) is 9.46. The summed E-state index contributed by atoms with van der Waals surface area (Å²) in [6, 6.07) is 0. The largest absolute Gasteiger partial charge is 0.504 e. The number of aromatic hydroxyl groups is 2. The van der Waals surface area contributed by atoms with Crippen LogP contribution in [0.4, 0.5) is 22.7 Å². The second kappa shape index (κ2) is 8.35. The van der Waals surface area contributed by atoms with E-state index in [1.807, 2.05) is 0 Å². The van der Waals surface area contributed by atoms with Gasteiger partial charge in [0.1, 0.15) is 22.7 Å². The van der Waals surface area contributed by atoms with Crippen LogP contribution in [-0.4, -0.2) is 10.2 Å². The molecule has 0 aliphatic heterocycles. The summed E-state index contributed by atoms with van der Waals surface area (Å²) in [5.41, 5.74) is 20.5. The van der Waals surface area contributed by atoms with Gasteiger partial charge < -0.3 is 33.1 Å². The van der Waals surface area contributed by atoms with Crippen LogP contribution in [0.2, 0.25) is 0 Å². The van der Waals surface area contributed by atoms with E-state index in [-0.39, 0.29) is 72.4 Å². The van der Waals surface area contributed by atoms with Crippen molar-refractivity contribution in [3.63, 3.8) is 0 Å². The van der Waals surface area contributed by atoms with Crippen molar-refractivity contribution in [2.45, 2.75) is 0 Å². The summed E-state index contributed by atoms with van der Waals surface area (Å²) in [6.07, 6.45) is 0. The minimum atomic E-state index is -0.400. The highest BCUT2D eigenvalue weighted by atomic mass is 35.5. The van der Waals surface area contributed by atoms with E-state index in [2.05, 4.69) is 0 Å². The predicted octanol–water partition coefficient (Wildman–Crippen LogP) is 1.11. The second-order valence-electron chi connectivity index (χ2n) is 2.35. The van der Waals surface area contributed by atoms with Crippen molar-refractivity contribution in [3.05, 3.63) is 0 Å². The van der Waals surface area contributed by atoms with E-state index in [1.54, 1.807) is 0 Å². The molecule has 0 atom stereocenters. The fourth-order valence-corrected chi connectivity index (χ4v) is 0.800. The molecule has 0 amide bonds. The molecule has 16 heavy (non-hydrogen) atoms. The third kappa shape index (κ3) is 3.64. The molecule has 0 unspecified atom stereocenters. The Hall–Kier alpha value is -0.820. The van der Waals surface area contributed by atoms with Crippen LogP contribution in [0, 0.1) is 0 Å². The van der Waals surface area contributed by atoms with E-state index in [9.17, 15) is 10.2 Å². The number of hydrogen-bond donors (Lipinski definition) is 6. The molecule has 0 saturated carbocycles. The minimum absolute atomic E-state index is 0. The van der Waals surface area contributed by atoms with Crippen LogP contribution >= 0.6 is 49.6 Å². The number of phenols is 2. The molecule has 0 fully saturated rings. The van der Waals surface area contributed by atoms with Crippen LogP contribution in [0.5, 0.6) is 11.5 Å². The fourth-order valence-electron chi connectivity index (χ4n) is 0.800. The fraction of sp³-hybridized carbons (Fsp3) is 0. The molecule has 0 aliphatic rings. The standard InChI is InChI=1S/C6H10N4O2.4ClH/c7-1-2(8)6(12)4(10)3(9)5(1)11;;;;/h11-12H,7-10H2;4*1H. The molecule has 0 bridgehead atoms. The smallest absolute Gasteiger partial charge is 0.166 e. The second-order valence-corrected chi connectivity index (χ2v) is 2.35. The lowest BCUT2D eigenvalue weighted by Gasteiger charge is -2.10. The van der Waals surface area contributed by atoms with Crippen molar-refractivity contribution in [2.24, 2.45) is 0 Å². The van der Waals surface area contributed by atoms with Gasteiger partial charge in [-0.15, -0.1) is 49.6 Å². The highest BCUT2D eigenvalue weighted by Gasteiger charge is 2.15. The zero-order valence-corrected chi connectivity index (χ0v) is 11.1. The first-order chi connectivity index (χ1) is 5.46. The summed E-state index contributed by atoms with van der Waals surface area (Å²) in [7, 11) is 0. The minimum Gasteiger partial charge on any atom is -0.504 e. The SMILES string of the molecule is Cl.Cl.Cl.Cl.Nc1c(N)c(O)c(N)c(N)c1O. The maximum atomic E-state index is 9.17. The lowest BCUT2D eigenvalue weighted by molar-refractivity contribution is 0.469. The maximum Gasteiger partial charge on any atom is 0.166 e. The van der Waals surface area contributed by atoms with Crippen LogP contribution in [0.3, 0.4) is 0 Å². The lowest BCUT2D eigenvalue weighted by Crippen LogP contribution is -2.02. The van der Waals surface area contributed by atoms with Crippen molar-refractivity contribution in [1.29, 1.82) is 0 Å². The van der Waals surface area contributed by atoms with Gasteiger partial charge >= 0.3 is 0 Å². The van der Waals surface area contributed by atoms with Gasteiger partial charge in [0.15, 0.2) is 11.5 Å². The van der Waals surface area contributed by atoms with Crippen molar-refractivity contribution in [2.75, 3.05) is 22.9 Å². The van der Waals surface area contributed by atoms with E-state index < -0.39 is 11.5 Å². The van der Waals surface area contributed by atoms with Crippen molar-refractivity contribution >= 4 is 72.4 Å². The first-order valence-corrected chi connectivity index (χ1v) is 3.10. The Kier molecular flexibility index (Phi) is 12.7. The number of rotatable bonds is 0. The first-order valence-electron chi connectivity index (χ1n) is 3.10. The van der Waals surface area contributed by atoms with Gasteiger partial charge in [-0.25, -0.2) is 0 Å². The van der Waals surface area contributed by atoms with Crippen LogP contribution in [0.1, 0.15) is 0 Å². The Morgan fingerprint density at radius 3 is 0.750 bits per heavy atom. The number of hydrogen-bond acceptors (Lipinski definition) is 6. The molecule has 1 aromatic rings. The van der Waals surface area contributed by atoms with Gasteiger partial charge in [0.2, 0.25) is 0 Å². The van der Waals surface area contributed by atoms with Crippen molar-refractivity contribution in [1.82, 2.24) is 0 Å². The molecule has 0 saturated heterocycles. The van der Waals surface area contributed by atoms with Gasteiger partial charge in [0.05, 0.1) is 0 Å². The van der Waals surface area contributed by atoms with Gasteiger partial charge in [-0.2, -0.15) is 0 Å². The van der Waals surface area contributed by atoms with Crippen molar-refractivity contribution < 1.29 is 10.2 Å². The summed E-state index contributed by atoms with van der Waals surface area (Å²) < 4.78 is 0. The summed E-state index contributed by atoms with van der Waals surface area (Å²) in [4.78, 5) is 0. The van der Waals surface area contributed by atoms with Gasteiger partial charge in [-0.3, -0.25) is 0 Å².